The summed E-state index contributed by atoms with van der Waals surface area (Å²) in [6.45, 7) is 10.2. The molecular weight excluding hydrogens is 324 g/mol. The van der Waals surface area contributed by atoms with Gasteiger partial charge in [0.2, 0.25) is 0 Å². The smallest absolute Gasteiger partial charge is 0.410 e. The fraction of sp³-hybridized carbons (Fsp3) is 0.824. The Balaban J connectivity index is 2.31. The van der Waals surface area contributed by atoms with E-state index in [0.717, 1.165) is 25.3 Å². The van der Waals surface area contributed by atoms with Gasteiger partial charge >= 0.3 is 12.1 Å². The topological polar surface area (TPSA) is 92.3 Å². The average molecular weight is 356 g/mol. The highest BCUT2D eigenvalue weighted by Gasteiger charge is 2.34. The third kappa shape index (κ3) is 8.60. The van der Waals surface area contributed by atoms with Crippen LogP contribution in [0.15, 0.2) is 4.99 Å². The first-order chi connectivity index (χ1) is 11.7. The fourth-order valence-corrected chi connectivity index (χ4v) is 2.23. The van der Waals surface area contributed by atoms with Gasteiger partial charge in [-0.1, -0.05) is 0 Å². The van der Waals surface area contributed by atoms with Gasteiger partial charge in [0.15, 0.2) is 5.96 Å². The van der Waals surface area contributed by atoms with Crippen molar-refractivity contribution in [3.05, 3.63) is 0 Å². The second kappa shape index (κ2) is 10.1. The lowest BCUT2D eigenvalue weighted by atomic mass is 10.1. The van der Waals surface area contributed by atoms with Crippen LogP contribution in [0.1, 0.15) is 47.0 Å². The summed E-state index contributed by atoms with van der Waals surface area (Å²) in [5.41, 5.74) is -0.476. The molecule has 1 fully saturated rings. The van der Waals surface area contributed by atoms with Crippen LogP contribution < -0.4 is 10.6 Å². The Morgan fingerprint density at radius 2 is 1.92 bits per heavy atom. The highest BCUT2D eigenvalue weighted by molar-refractivity contribution is 5.80. The van der Waals surface area contributed by atoms with Gasteiger partial charge in [-0.05, 0) is 40.5 Å². The summed E-state index contributed by atoms with van der Waals surface area (Å²) in [5, 5.41) is 6.50. The third-order valence-corrected chi connectivity index (χ3v) is 3.50. The van der Waals surface area contributed by atoms with E-state index in [4.69, 9.17) is 4.74 Å². The van der Waals surface area contributed by atoms with E-state index in [2.05, 4.69) is 20.4 Å². The quantitative estimate of drug-likeness (QED) is 0.311. The van der Waals surface area contributed by atoms with E-state index in [-0.39, 0.29) is 18.1 Å². The standard InChI is InChI=1S/C17H32N4O4/c1-6-18-15(19-10-8-7-9-14(22)24-5)20-13-11-21(12-13)16(23)25-17(2,3)4/h13H,6-12H2,1-5H3,(H2,18,19,20). The molecule has 25 heavy (non-hydrogen) atoms. The van der Waals surface area contributed by atoms with Crippen molar-refractivity contribution < 1.29 is 19.1 Å². The lowest BCUT2D eigenvalue weighted by Crippen LogP contribution is -2.63. The van der Waals surface area contributed by atoms with E-state index in [1.54, 1.807) is 4.90 Å². The monoisotopic (exact) mass is 356 g/mol. The summed E-state index contributed by atoms with van der Waals surface area (Å²) in [6.07, 6.45) is 1.71. The van der Waals surface area contributed by atoms with Crippen LogP contribution in [-0.4, -0.2) is 67.9 Å². The molecular formula is C17H32N4O4. The van der Waals surface area contributed by atoms with Crippen LogP contribution >= 0.6 is 0 Å². The molecule has 1 heterocycles. The van der Waals surface area contributed by atoms with Crippen LogP contribution in [0.5, 0.6) is 0 Å². The number of esters is 1. The second-order valence-corrected chi connectivity index (χ2v) is 7.02. The van der Waals surface area contributed by atoms with Crippen molar-refractivity contribution in [2.75, 3.05) is 33.3 Å². The highest BCUT2D eigenvalue weighted by atomic mass is 16.6. The van der Waals surface area contributed by atoms with Crippen molar-refractivity contribution in [1.82, 2.24) is 15.5 Å². The Kier molecular flexibility index (Phi) is 8.51. The Morgan fingerprint density at radius 3 is 2.48 bits per heavy atom. The number of unbranched alkanes of at least 4 members (excludes halogenated alkanes) is 1. The van der Waals surface area contributed by atoms with Crippen molar-refractivity contribution in [2.24, 2.45) is 4.99 Å². The number of carbonyl (C=O) groups is 2. The number of amides is 1. The van der Waals surface area contributed by atoms with E-state index in [1.807, 2.05) is 27.7 Å². The summed E-state index contributed by atoms with van der Waals surface area (Å²) in [7, 11) is 1.40. The molecule has 0 aliphatic carbocycles. The highest BCUT2D eigenvalue weighted by Crippen LogP contribution is 2.15. The Morgan fingerprint density at radius 1 is 1.24 bits per heavy atom. The van der Waals surface area contributed by atoms with Gasteiger partial charge in [-0.15, -0.1) is 0 Å². The zero-order valence-electron chi connectivity index (χ0n) is 16.1. The first-order valence-electron chi connectivity index (χ1n) is 8.84. The number of carbonyl (C=O) groups excluding carboxylic acids is 2. The molecule has 1 aliphatic rings. The maximum atomic E-state index is 11.9. The largest absolute Gasteiger partial charge is 0.469 e. The van der Waals surface area contributed by atoms with Crippen LogP contribution in [0, 0.1) is 0 Å². The molecule has 0 unspecified atom stereocenters. The van der Waals surface area contributed by atoms with Gasteiger partial charge in [0.25, 0.3) is 0 Å². The fourth-order valence-electron chi connectivity index (χ4n) is 2.23. The molecule has 2 N–H and O–H groups in total. The first kappa shape index (κ1) is 21.1. The van der Waals surface area contributed by atoms with Crippen molar-refractivity contribution in [1.29, 1.82) is 0 Å². The van der Waals surface area contributed by atoms with E-state index >= 15 is 0 Å². The Labute approximate surface area is 150 Å². The minimum atomic E-state index is -0.476. The minimum Gasteiger partial charge on any atom is -0.469 e. The minimum absolute atomic E-state index is 0.167. The predicted octanol–water partition coefficient (Wildman–Crippen LogP) is 1.50. The van der Waals surface area contributed by atoms with E-state index in [9.17, 15) is 9.59 Å². The molecule has 0 spiro atoms. The van der Waals surface area contributed by atoms with Gasteiger partial charge in [-0.25, -0.2) is 4.79 Å². The number of nitrogens with zero attached hydrogens (tertiary/aromatic N) is 2. The summed E-state index contributed by atoms with van der Waals surface area (Å²) >= 11 is 0. The molecule has 8 heteroatoms. The van der Waals surface area contributed by atoms with Crippen molar-refractivity contribution in [2.45, 2.75) is 58.6 Å². The maximum Gasteiger partial charge on any atom is 0.410 e. The van der Waals surface area contributed by atoms with Crippen molar-refractivity contribution in [3.63, 3.8) is 0 Å². The van der Waals surface area contributed by atoms with E-state index < -0.39 is 5.60 Å². The van der Waals surface area contributed by atoms with Gasteiger partial charge in [-0.2, -0.15) is 0 Å². The van der Waals surface area contributed by atoms with Crippen LogP contribution in [0.4, 0.5) is 4.79 Å². The van der Waals surface area contributed by atoms with Gasteiger partial charge in [-0.3, -0.25) is 9.79 Å². The molecule has 0 atom stereocenters. The van der Waals surface area contributed by atoms with E-state index in [1.165, 1.54) is 7.11 Å². The van der Waals surface area contributed by atoms with Gasteiger partial charge in [0.05, 0.1) is 13.2 Å². The molecule has 144 valence electrons. The van der Waals surface area contributed by atoms with Crippen molar-refractivity contribution >= 4 is 18.0 Å². The number of nitrogens with one attached hydrogen (secondary N) is 2. The third-order valence-electron chi connectivity index (χ3n) is 3.50. The molecule has 0 radical (unpaired) electrons. The van der Waals surface area contributed by atoms with Crippen LogP contribution in [0.2, 0.25) is 0 Å². The lowest BCUT2D eigenvalue weighted by molar-refractivity contribution is -0.140. The molecule has 1 amide bonds. The molecule has 0 bridgehead atoms. The number of methoxy groups -OCH3 is 1. The number of hydrogen-bond donors (Lipinski definition) is 2. The number of ether oxygens (including phenoxy) is 2. The zero-order chi connectivity index (χ0) is 18.9. The number of likely N-dealkylation sites (tertiary alicyclic amines) is 1. The molecule has 1 saturated heterocycles. The summed E-state index contributed by atoms with van der Waals surface area (Å²) in [5.74, 6) is 0.542. The van der Waals surface area contributed by atoms with Crippen LogP contribution in [-0.2, 0) is 14.3 Å². The molecule has 0 aromatic heterocycles. The zero-order valence-corrected chi connectivity index (χ0v) is 16.1. The molecule has 0 aromatic carbocycles. The van der Waals surface area contributed by atoms with Crippen LogP contribution in [0.25, 0.3) is 0 Å². The number of hydrogen-bond acceptors (Lipinski definition) is 5. The van der Waals surface area contributed by atoms with Gasteiger partial charge in [0, 0.05) is 32.6 Å². The van der Waals surface area contributed by atoms with Gasteiger partial charge < -0.3 is 25.0 Å². The molecule has 0 saturated carbocycles. The molecule has 1 rings (SSSR count). The lowest BCUT2D eigenvalue weighted by Gasteiger charge is -2.40. The van der Waals surface area contributed by atoms with Gasteiger partial charge in [0.1, 0.15) is 5.60 Å². The summed E-state index contributed by atoms with van der Waals surface area (Å²) in [6, 6.07) is 0.167. The normalized spacial score (nSPS) is 15.4. The molecule has 8 nitrogen and oxygen atoms in total. The van der Waals surface area contributed by atoms with Crippen molar-refractivity contribution in [3.8, 4) is 0 Å². The number of rotatable bonds is 7. The first-order valence-corrected chi connectivity index (χ1v) is 8.84. The molecule has 0 aromatic rings. The number of guanidine groups is 1. The SMILES string of the molecule is CCNC(=NCCCCC(=O)OC)NC1CN(C(=O)OC(C)(C)C)C1. The molecule has 1 aliphatic heterocycles. The Bertz CT molecular complexity index is 468. The van der Waals surface area contributed by atoms with E-state index in [0.29, 0.717) is 26.1 Å². The second-order valence-electron chi connectivity index (χ2n) is 7.02. The average Bonchev–Trinajstić information content (AvgIpc) is 2.47. The summed E-state index contributed by atoms with van der Waals surface area (Å²) in [4.78, 5) is 29.1. The van der Waals surface area contributed by atoms with Crippen LogP contribution in [0.3, 0.4) is 0 Å². The maximum absolute atomic E-state index is 11.9. The Hall–Kier alpha value is -1.99. The number of aliphatic imine (C=N–C) groups is 1. The summed E-state index contributed by atoms with van der Waals surface area (Å²) < 4.78 is 9.95. The predicted molar refractivity (Wildman–Crippen MR) is 96.6 cm³/mol.